The Hall–Kier alpha value is -3.08. The summed E-state index contributed by atoms with van der Waals surface area (Å²) in [5.74, 6) is 2.17. The van der Waals surface area contributed by atoms with Crippen molar-refractivity contribution in [1.29, 1.82) is 0 Å². The van der Waals surface area contributed by atoms with Crippen molar-refractivity contribution in [3.05, 3.63) is 59.9 Å². The van der Waals surface area contributed by atoms with Crippen molar-refractivity contribution in [2.45, 2.75) is 44.9 Å². The Kier molecular flexibility index (Phi) is 4.84. The van der Waals surface area contributed by atoms with Gasteiger partial charge < -0.3 is 4.74 Å². The lowest BCUT2D eigenvalue weighted by Crippen LogP contribution is -2.47. The Morgan fingerprint density at radius 1 is 1.10 bits per heavy atom. The summed E-state index contributed by atoms with van der Waals surface area (Å²) in [5.41, 5.74) is 5.29. The molecule has 0 spiro atoms. The van der Waals surface area contributed by atoms with Gasteiger partial charge in [0.05, 0.1) is 24.6 Å². The van der Waals surface area contributed by atoms with E-state index in [4.69, 9.17) is 14.7 Å². The van der Waals surface area contributed by atoms with E-state index in [0.717, 1.165) is 41.8 Å². The molecular formula is C26H28N3O2+. The van der Waals surface area contributed by atoms with Crippen LogP contribution in [0.15, 0.2) is 48.7 Å². The summed E-state index contributed by atoms with van der Waals surface area (Å²) in [6.45, 7) is 4.41. The Labute approximate surface area is 182 Å². The first-order valence-electron chi connectivity index (χ1n) is 11.1. The molecule has 1 N–H and O–H groups in total. The smallest absolute Gasteiger partial charge is 0.366 e. The van der Waals surface area contributed by atoms with E-state index < -0.39 is 0 Å². The number of H-pyrrole nitrogens is 1. The van der Waals surface area contributed by atoms with Crippen LogP contribution in [0.25, 0.3) is 22.6 Å². The minimum Gasteiger partial charge on any atom is -0.448 e. The molecular weight excluding hydrogens is 386 g/mol. The molecule has 2 aromatic heterocycles. The molecule has 1 fully saturated rings. The van der Waals surface area contributed by atoms with Crippen LogP contribution in [0.2, 0.25) is 0 Å². The van der Waals surface area contributed by atoms with E-state index in [9.17, 15) is 4.79 Å². The molecule has 3 aromatic rings. The predicted molar refractivity (Wildman–Crippen MR) is 119 cm³/mol. The third-order valence-corrected chi connectivity index (χ3v) is 7.37. The monoisotopic (exact) mass is 414 g/mol. The van der Waals surface area contributed by atoms with Gasteiger partial charge in [0, 0.05) is 40.5 Å². The molecule has 0 radical (unpaired) electrons. The van der Waals surface area contributed by atoms with Gasteiger partial charge in [-0.3, -0.25) is 4.79 Å². The number of benzene rings is 1. The summed E-state index contributed by atoms with van der Waals surface area (Å²) in [6, 6.07) is 14.3. The minimum atomic E-state index is -0.118. The number of aromatic amines is 1. The number of carbonyl (C=O) groups is 1. The van der Waals surface area contributed by atoms with E-state index in [1.165, 1.54) is 5.56 Å². The molecule has 2 aliphatic carbocycles. The van der Waals surface area contributed by atoms with Gasteiger partial charge in [-0.25, -0.2) is 9.97 Å². The lowest BCUT2D eigenvalue weighted by Gasteiger charge is -2.48. The third kappa shape index (κ3) is 3.23. The van der Waals surface area contributed by atoms with Crippen molar-refractivity contribution >= 4 is 5.78 Å². The number of nitrogens with zero attached hydrogens (tertiary/aromatic N) is 2. The largest absolute Gasteiger partial charge is 0.448 e. The standard InChI is InChI=1S/C26H27N3O2/c1-16-20-10-9-19-23(17-7-5-4-6-8-17)28-25(18-12-14-27-22(15-18)31-3)29-24(19)26(20,2)13-11-21(16)30/h4-8,12,14-16,20H,9-11,13H2,1-3H3/p+1/t16-,20-,26-/m1/s1. The average molecular weight is 415 g/mol. The molecule has 5 heteroatoms. The molecule has 0 saturated heterocycles. The Morgan fingerprint density at radius 3 is 2.68 bits per heavy atom. The maximum Gasteiger partial charge on any atom is 0.366 e. The van der Waals surface area contributed by atoms with Gasteiger partial charge >= 0.3 is 5.88 Å². The number of hydrogen-bond acceptors (Lipinski definition) is 4. The molecule has 0 aliphatic heterocycles. The Bertz CT molecular complexity index is 1140. The number of carbonyl (C=O) groups excluding carboxylic acids is 1. The average Bonchev–Trinajstić information content (AvgIpc) is 2.82. The van der Waals surface area contributed by atoms with Crippen LogP contribution in [0.5, 0.6) is 5.88 Å². The molecule has 0 amide bonds. The van der Waals surface area contributed by atoms with E-state index in [0.29, 0.717) is 29.8 Å². The van der Waals surface area contributed by atoms with Crippen LogP contribution in [0, 0.1) is 11.8 Å². The number of hydrogen-bond donors (Lipinski definition) is 0. The molecule has 0 bridgehead atoms. The molecule has 0 unspecified atom stereocenters. The van der Waals surface area contributed by atoms with Crippen molar-refractivity contribution in [2.24, 2.45) is 11.8 Å². The zero-order valence-electron chi connectivity index (χ0n) is 18.3. The van der Waals surface area contributed by atoms with E-state index in [2.05, 4.69) is 43.1 Å². The van der Waals surface area contributed by atoms with Gasteiger partial charge in [0.1, 0.15) is 5.78 Å². The van der Waals surface area contributed by atoms with Gasteiger partial charge in [-0.1, -0.05) is 44.2 Å². The maximum atomic E-state index is 12.5. The number of pyridine rings is 1. The van der Waals surface area contributed by atoms with Gasteiger partial charge in [-0.15, -0.1) is 0 Å². The molecule has 3 atom stereocenters. The number of Topliss-reactive ketones (excluding diaryl/α,β-unsaturated/α-hetero) is 1. The molecule has 5 rings (SSSR count). The Morgan fingerprint density at radius 2 is 1.90 bits per heavy atom. The normalized spacial score (nSPS) is 24.9. The molecule has 2 aliphatic rings. The fourth-order valence-electron chi connectivity index (χ4n) is 5.59. The zero-order chi connectivity index (χ0) is 21.6. The van der Waals surface area contributed by atoms with Crippen LogP contribution >= 0.6 is 0 Å². The van der Waals surface area contributed by atoms with Gasteiger partial charge in [0.25, 0.3) is 0 Å². The minimum absolute atomic E-state index is 0.0805. The predicted octanol–water partition coefficient (Wildman–Crippen LogP) is 4.45. The zero-order valence-corrected chi connectivity index (χ0v) is 18.3. The lowest BCUT2D eigenvalue weighted by molar-refractivity contribution is -0.392. The van der Waals surface area contributed by atoms with Crippen molar-refractivity contribution in [3.8, 4) is 28.5 Å². The van der Waals surface area contributed by atoms with Crippen LogP contribution in [0.1, 0.15) is 44.4 Å². The summed E-state index contributed by atoms with van der Waals surface area (Å²) in [5, 5.41) is 0. The number of rotatable bonds is 3. The van der Waals surface area contributed by atoms with E-state index >= 15 is 0 Å². The number of fused-ring (bicyclic) bond motifs is 3. The summed E-state index contributed by atoms with van der Waals surface area (Å²) in [6.07, 6.45) is 5.24. The molecule has 1 aromatic carbocycles. The summed E-state index contributed by atoms with van der Waals surface area (Å²) < 4.78 is 5.39. The first-order chi connectivity index (χ1) is 15.0. The highest BCUT2D eigenvalue weighted by Gasteiger charge is 2.49. The molecule has 1 saturated carbocycles. The van der Waals surface area contributed by atoms with Gasteiger partial charge in [-0.05, 0) is 25.2 Å². The fraction of sp³-hybridized carbons (Fsp3) is 0.385. The van der Waals surface area contributed by atoms with E-state index in [1.54, 1.807) is 7.11 Å². The second-order valence-electron chi connectivity index (χ2n) is 9.05. The van der Waals surface area contributed by atoms with Crippen LogP contribution < -0.4 is 9.72 Å². The van der Waals surface area contributed by atoms with Gasteiger partial charge in [-0.2, -0.15) is 4.98 Å². The SMILES string of the molecule is COc1cc(-c2nc(-c3ccccc3)c3c(n2)[C@]2(C)CCC(=O)[C@H](C)[C@H]2CC3)cc[nH+]1. The number of methoxy groups -OCH3 is 1. The van der Waals surface area contributed by atoms with Crippen LogP contribution in [-0.4, -0.2) is 22.9 Å². The number of aromatic nitrogens is 3. The highest BCUT2D eigenvalue weighted by atomic mass is 16.5. The van der Waals surface area contributed by atoms with Crippen LogP contribution in [-0.2, 0) is 16.6 Å². The number of ketones is 1. The second kappa shape index (κ2) is 7.56. The summed E-state index contributed by atoms with van der Waals surface area (Å²) in [7, 11) is 1.64. The summed E-state index contributed by atoms with van der Waals surface area (Å²) >= 11 is 0. The van der Waals surface area contributed by atoms with Crippen molar-refractivity contribution in [2.75, 3.05) is 7.11 Å². The molecule has 31 heavy (non-hydrogen) atoms. The lowest BCUT2D eigenvalue weighted by atomic mass is 9.56. The first kappa shape index (κ1) is 19.9. The number of nitrogens with one attached hydrogen (secondary N) is 1. The van der Waals surface area contributed by atoms with Crippen molar-refractivity contribution in [3.63, 3.8) is 0 Å². The third-order valence-electron chi connectivity index (χ3n) is 7.37. The highest BCUT2D eigenvalue weighted by molar-refractivity contribution is 5.83. The summed E-state index contributed by atoms with van der Waals surface area (Å²) in [4.78, 5) is 25.8. The van der Waals surface area contributed by atoms with Crippen molar-refractivity contribution in [1.82, 2.24) is 9.97 Å². The van der Waals surface area contributed by atoms with Crippen molar-refractivity contribution < 1.29 is 14.5 Å². The van der Waals surface area contributed by atoms with E-state index in [-0.39, 0.29) is 11.3 Å². The van der Waals surface area contributed by atoms with E-state index in [1.807, 2.05) is 24.4 Å². The Balaban J connectivity index is 1.74. The number of ether oxygens (including phenoxy) is 1. The second-order valence-corrected chi connectivity index (χ2v) is 9.05. The molecule has 5 nitrogen and oxygen atoms in total. The fourth-order valence-corrected chi connectivity index (χ4v) is 5.59. The first-order valence-corrected chi connectivity index (χ1v) is 11.1. The van der Waals surface area contributed by atoms with Crippen LogP contribution in [0.3, 0.4) is 0 Å². The molecule has 158 valence electrons. The molecule has 2 heterocycles. The topological polar surface area (TPSA) is 66.2 Å². The quantitative estimate of drug-likeness (QED) is 0.635. The van der Waals surface area contributed by atoms with Gasteiger partial charge in [0.2, 0.25) is 0 Å². The maximum absolute atomic E-state index is 12.5. The van der Waals surface area contributed by atoms with Gasteiger partial charge in [0.15, 0.2) is 12.0 Å². The highest BCUT2D eigenvalue weighted by Crippen LogP contribution is 2.52. The van der Waals surface area contributed by atoms with Crippen LogP contribution in [0.4, 0.5) is 0 Å².